The van der Waals surface area contributed by atoms with Gasteiger partial charge in [-0.1, -0.05) is 30.3 Å². The van der Waals surface area contributed by atoms with Crippen LogP contribution in [0.4, 0.5) is 0 Å². The van der Waals surface area contributed by atoms with Crippen molar-refractivity contribution in [3.8, 4) is 0 Å². The molecule has 0 saturated heterocycles. The third-order valence-electron chi connectivity index (χ3n) is 3.84. The van der Waals surface area contributed by atoms with Crippen molar-refractivity contribution in [2.75, 3.05) is 0 Å². The molecule has 0 bridgehead atoms. The summed E-state index contributed by atoms with van der Waals surface area (Å²) in [4.78, 5) is 4.41. The highest BCUT2D eigenvalue weighted by Gasteiger charge is 2.19. The molecular formula is C16H14N2S. The van der Waals surface area contributed by atoms with Crippen LogP contribution < -0.4 is 5.32 Å². The van der Waals surface area contributed by atoms with Crippen LogP contribution in [0.3, 0.4) is 0 Å². The molecule has 0 fully saturated rings. The van der Waals surface area contributed by atoms with E-state index in [0.29, 0.717) is 6.04 Å². The van der Waals surface area contributed by atoms with Crippen LogP contribution in [0.2, 0.25) is 0 Å². The van der Waals surface area contributed by atoms with Crippen LogP contribution in [0.15, 0.2) is 48.0 Å². The van der Waals surface area contributed by atoms with E-state index in [0.717, 1.165) is 18.5 Å². The van der Waals surface area contributed by atoms with E-state index < -0.39 is 0 Å². The lowest BCUT2D eigenvalue weighted by Gasteiger charge is -2.26. The van der Waals surface area contributed by atoms with E-state index >= 15 is 0 Å². The van der Waals surface area contributed by atoms with E-state index in [1.165, 1.54) is 21.4 Å². The van der Waals surface area contributed by atoms with Crippen molar-refractivity contribution in [3.05, 3.63) is 64.7 Å². The van der Waals surface area contributed by atoms with Gasteiger partial charge in [0.1, 0.15) is 0 Å². The molecule has 1 aliphatic heterocycles. The van der Waals surface area contributed by atoms with Gasteiger partial charge >= 0.3 is 0 Å². The summed E-state index contributed by atoms with van der Waals surface area (Å²) in [6, 6.07) is 15.7. The minimum atomic E-state index is 0.404. The van der Waals surface area contributed by atoms with Crippen LogP contribution in [0.1, 0.15) is 22.7 Å². The maximum atomic E-state index is 4.41. The Morgan fingerprint density at radius 2 is 2.00 bits per heavy atom. The Balaban J connectivity index is 1.70. The smallest absolute Gasteiger partial charge is 0.0815 e. The third kappa shape index (κ3) is 1.95. The number of aromatic nitrogens is 1. The molecule has 1 atom stereocenters. The Kier molecular flexibility index (Phi) is 2.60. The predicted octanol–water partition coefficient (Wildman–Crippen LogP) is 3.68. The molecule has 1 aromatic heterocycles. The molecule has 1 aliphatic rings. The average Bonchev–Trinajstić information content (AvgIpc) is 2.94. The first-order chi connectivity index (χ1) is 9.40. The molecule has 3 aromatic rings. The first-order valence-electron chi connectivity index (χ1n) is 6.53. The number of nitrogens with zero attached hydrogens (tertiary/aromatic N) is 1. The van der Waals surface area contributed by atoms with E-state index in [9.17, 15) is 0 Å². The number of nitrogens with one attached hydrogen (secondary N) is 1. The van der Waals surface area contributed by atoms with Crippen LogP contribution in [0.25, 0.3) is 10.2 Å². The summed E-state index contributed by atoms with van der Waals surface area (Å²) in [5.41, 5.74) is 7.26. The van der Waals surface area contributed by atoms with Gasteiger partial charge in [0.15, 0.2) is 0 Å². The molecule has 0 spiro atoms. The van der Waals surface area contributed by atoms with Gasteiger partial charge in [0.2, 0.25) is 0 Å². The Bertz CT molecular complexity index is 732. The van der Waals surface area contributed by atoms with Crippen LogP contribution in [-0.2, 0) is 13.0 Å². The van der Waals surface area contributed by atoms with E-state index in [1.54, 1.807) is 11.3 Å². The van der Waals surface area contributed by atoms with E-state index in [-0.39, 0.29) is 0 Å². The molecule has 1 unspecified atom stereocenters. The average molecular weight is 266 g/mol. The standard InChI is InChI=1S/C16H14N2S/c1-2-4-13-9-17-14(7-11(13)3-1)12-5-6-16-15(8-12)18-10-19-16/h1-6,8,10,14,17H,7,9H2. The SMILES string of the molecule is c1ccc2c(c1)CNC(c1ccc3scnc3c1)C2. The van der Waals surface area contributed by atoms with Crippen molar-refractivity contribution in [2.24, 2.45) is 0 Å². The molecule has 1 N–H and O–H groups in total. The second-order valence-electron chi connectivity index (χ2n) is 4.99. The zero-order valence-corrected chi connectivity index (χ0v) is 11.3. The van der Waals surface area contributed by atoms with Gasteiger partial charge in [0, 0.05) is 12.6 Å². The molecule has 2 heterocycles. The van der Waals surface area contributed by atoms with Crippen LogP contribution >= 0.6 is 11.3 Å². The number of thiazole rings is 1. The molecule has 4 rings (SSSR count). The molecular weight excluding hydrogens is 252 g/mol. The normalized spacial score (nSPS) is 18.4. The first kappa shape index (κ1) is 11.1. The maximum Gasteiger partial charge on any atom is 0.0815 e. The van der Waals surface area contributed by atoms with Gasteiger partial charge in [-0.15, -0.1) is 11.3 Å². The zero-order valence-electron chi connectivity index (χ0n) is 10.5. The van der Waals surface area contributed by atoms with Crippen molar-refractivity contribution >= 4 is 21.6 Å². The predicted molar refractivity (Wildman–Crippen MR) is 79.3 cm³/mol. The molecule has 0 saturated carbocycles. The largest absolute Gasteiger partial charge is 0.306 e. The molecule has 94 valence electrons. The number of benzene rings is 2. The summed E-state index contributed by atoms with van der Waals surface area (Å²) in [5, 5.41) is 3.62. The summed E-state index contributed by atoms with van der Waals surface area (Å²) < 4.78 is 1.26. The van der Waals surface area contributed by atoms with Crippen LogP contribution in [0.5, 0.6) is 0 Å². The zero-order chi connectivity index (χ0) is 12.7. The minimum Gasteiger partial charge on any atom is -0.306 e. The number of rotatable bonds is 1. The quantitative estimate of drug-likeness (QED) is 0.726. The summed E-state index contributed by atoms with van der Waals surface area (Å²) in [5.74, 6) is 0. The molecule has 0 radical (unpaired) electrons. The highest BCUT2D eigenvalue weighted by molar-refractivity contribution is 7.16. The maximum absolute atomic E-state index is 4.41. The van der Waals surface area contributed by atoms with Crippen molar-refractivity contribution < 1.29 is 0 Å². The van der Waals surface area contributed by atoms with Gasteiger partial charge in [-0.25, -0.2) is 4.98 Å². The highest BCUT2D eigenvalue weighted by atomic mass is 32.1. The fraction of sp³-hybridized carbons (Fsp3) is 0.188. The molecule has 0 aliphatic carbocycles. The van der Waals surface area contributed by atoms with E-state index in [2.05, 4.69) is 52.8 Å². The Hall–Kier alpha value is -1.71. The summed E-state index contributed by atoms with van der Waals surface area (Å²) in [6.07, 6.45) is 1.06. The Morgan fingerprint density at radius 3 is 2.95 bits per heavy atom. The number of fused-ring (bicyclic) bond motifs is 2. The van der Waals surface area contributed by atoms with Crippen molar-refractivity contribution in [2.45, 2.75) is 19.0 Å². The molecule has 0 amide bonds. The lowest BCUT2D eigenvalue weighted by Crippen LogP contribution is -2.28. The Labute approximate surface area is 116 Å². The summed E-state index contributed by atoms with van der Waals surface area (Å²) in [6.45, 7) is 0.954. The summed E-state index contributed by atoms with van der Waals surface area (Å²) in [7, 11) is 0. The monoisotopic (exact) mass is 266 g/mol. The van der Waals surface area contributed by atoms with Crippen LogP contribution in [-0.4, -0.2) is 4.98 Å². The van der Waals surface area contributed by atoms with Gasteiger partial charge in [0.05, 0.1) is 15.7 Å². The van der Waals surface area contributed by atoms with Crippen molar-refractivity contribution in [3.63, 3.8) is 0 Å². The number of hydrogen-bond donors (Lipinski definition) is 1. The highest BCUT2D eigenvalue weighted by Crippen LogP contribution is 2.28. The summed E-state index contributed by atoms with van der Waals surface area (Å²) >= 11 is 1.70. The topological polar surface area (TPSA) is 24.9 Å². The first-order valence-corrected chi connectivity index (χ1v) is 7.41. The molecule has 2 nitrogen and oxygen atoms in total. The molecule has 19 heavy (non-hydrogen) atoms. The lowest BCUT2D eigenvalue weighted by molar-refractivity contribution is 0.499. The van der Waals surface area contributed by atoms with E-state index in [4.69, 9.17) is 0 Å². The van der Waals surface area contributed by atoms with Gasteiger partial charge in [-0.3, -0.25) is 0 Å². The molecule has 2 aromatic carbocycles. The fourth-order valence-corrected chi connectivity index (χ4v) is 3.44. The van der Waals surface area contributed by atoms with Crippen molar-refractivity contribution in [1.29, 1.82) is 0 Å². The van der Waals surface area contributed by atoms with Gasteiger partial charge in [-0.2, -0.15) is 0 Å². The second-order valence-corrected chi connectivity index (χ2v) is 5.87. The fourth-order valence-electron chi connectivity index (χ4n) is 2.78. The van der Waals surface area contributed by atoms with Gasteiger partial charge in [0.25, 0.3) is 0 Å². The Morgan fingerprint density at radius 1 is 1.11 bits per heavy atom. The third-order valence-corrected chi connectivity index (χ3v) is 4.65. The number of hydrogen-bond acceptors (Lipinski definition) is 3. The van der Waals surface area contributed by atoms with Gasteiger partial charge in [-0.05, 0) is 35.2 Å². The lowest BCUT2D eigenvalue weighted by atomic mass is 9.92. The second kappa shape index (κ2) is 4.44. The van der Waals surface area contributed by atoms with Crippen molar-refractivity contribution in [1.82, 2.24) is 10.3 Å². The van der Waals surface area contributed by atoms with Crippen LogP contribution in [0, 0.1) is 0 Å². The van der Waals surface area contributed by atoms with E-state index in [1.807, 2.05) is 5.51 Å². The van der Waals surface area contributed by atoms with Gasteiger partial charge < -0.3 is 5.32 Å². The minimum absolute atomic E-state index is 0.404. The molecule has 3 heteroatoms.